The molecule has 1 fully saturated rings. The van der Waals surface area contributed by atoms with Crippen LogP contribution in [0.3, 0.4) is 0 Å². The molecule has 0 radical (unpaired) electrons. The fraction of sp³-hybridized carbons (Fsp3) is 0.909. The van der Waals surface area contributed by atoms with Crippen molar-refractivity contribution in [1.29, 1.82) is 5.26 Å². The summed E-state index contributed by atoms with van der Waals surface area (Å²) >= 11 is 0. The van der Waals surface area contributed by atoms with Crippen molar-refractivity contribution >= 4 is 0 Å². The van der Waals surface area contributed by atoms with E-state index in [1.54, 1.807) is 0 Å². The molecule has 0 aromatic rings. The number of nitriles is 1. The number of hydrogen-bond acceptors (Lipinski definition) is 3. The minimum atomic E-state index is 0.478. The molecule has 1 saturated heterocycles. The molecule has 0 amide bonds. The summed E-state index contributed by atoms with van der Waals surface area (Å²) in [5.74, 6) is 0. The Morgan fingerprint density at radius 2 is 2.07 bits per heavy atom. The molecule has 1 aliphatic rings. The van der Waals surface area contributed by atoms with Crippen LogP contribution in [0.1, 0.15) is 26.2 Å². The van der Waals surface area contributed by atoms with Gasteiger partial charge in [-0.3, -0.25) is 4.90 Å². The highest BCUT2D eigenvalue weighted by Crippen LogP contribution is 2.11. The first-order valence-corrected chi connectivity index (χ1v) is 5.57. The van der Waals surface area contributed by atoms with Crippen LogP contribution >= 0.6 is 0 Å². The number of nitrogens with zero attached hydrogens (tertiary/aromatic N) is 3. The summed E-state index contributed by atoms with van der Waals surface area (Å²) in [6, 6.07) is 2.77. The van der Waals surface area contributed by atoms with Crippen LogP contribution in [0.5, 0.6) is 0 Å². The molecule has 0 N–H and O–H groups in total. The van der Waals surface area contributed by atoms with Gasteiger partial charge in [-0.2, -0.15) is 5.26 Å². The fourth-order valence-corrected chi connectivity index (χ4v) is 2.07. The average Bonchev–Trinajstić information content (AvgIpc) is 2.40. The Hall–Kier alpha value is -0.590. The molecule has 0 spiro atoms. The highest BCUT2D eigenvalue weighted by atomic mass is 15.2. The molecular formula is C11H21N3. The van der Waals surface area contributed by atoms with Gasteiger partial charge in [0.15, 0.2) is 0 Å². The van der Waals surface area contributed by atoms with E-state index in [1.165, 1.54) is 13.0 Å². The third-order valence-electron chi connectivity index (χ3n) is 3.07. The summed E-state index contributed by atoms with van der Waals surface area (Å²) in [5, 5.41) is 8.73. The van der Waals surface area contributed by atoms with Crippen LogP contribution in [0.15, 0.2) is 0 Å². The second-order valence-electron chi connectivity index (χ2n) is 4.12. The Labute approximate surface area is 87.3 Å². The zero-order chi connectivity index (χ0) is 10.4. The smallest absolute Gasteiger partial charge is 0.0638 e. The lowest BCUT2D eigenvalue weighted by Crippen LogP contribution is -2.37. The standard InChI is InChI=1S/C11H21N3/c1-3-11(5-6-12)14-8-4-7-13(2)9-10-14/h11H,3-5,7-10H2,1-2H3. The number of hydrogen-bond donors (Lipinski definition) is 0. The van der Waals surface area contributed by atoms with Crippen LogP contribution in [-0.4, -0.2) is 49.1 Å². The molecule has 1 aliphatic heterocycles. The van der Waals surface area contributed by atoms with E-state index < -0.39 is 0 Å². The number of rotatable bonds is 3. The first kappa shape index (κ1) is 11.5. The molecule has 14 heavy (non-hydrogen) atoms. The van der Waals surface area contributed by atoms with Crippen molar-refractivity contribution in [3.63, 3.8) is 0 Å². The first-order chi connectivity index (χ1) is 6.77. The van der Waals surface area contributed by atoms with Crippen molar-refractivity contribution in [3.8, 4) is 6.07 Å². The van der Waals surface area contributed by atoms with E-state index in [9.17, 15) is 0 Å². The summed E-state index contributed by atoms with van der Waals surface area (Å²) in [7, 11) is 2.18. The highest BCUT2D eigenvalue weighted by Gasteiger charge is 2.18. The van der Waals surface area contributed by atoms with Crippen LogP contribution in [-0.2, 0) is 0 Å². The third kappa shape index (κ3) is 3.28. The van der Waals surface area contributed by atoms with Gasteiger partial charge >= 0.3 is 0 Å². The van der Waals surface area contributed by atoms with Crippen LogP contribution in [0, 0.1) is 11.3 Å². The monoisotopic (exact) mass is 195 g/mol. The predicted molar refractivity (Wildman–Crippen MR) is 58.0 cm³/mol. The van der Waals surface area contributed by atoms with Gasteiger partial charge in [-0.15, -0.1) is 0 Å². The molecule has 80 valence electrons. The van der Waals surface area contributed by atoms with E-state index in [2.05, 4.69) is 29.8 Å². The summed E-state index contributed by atoms with van der Waals surface area (Å²) in [6.07, 6.45) is 3.01. The van der Waals surface area contributed by atoms with Crippen LogP contribution < -0.4 is 0 Å². The molecule has 0 saturated carbocycles. The maximum Gasteiger partial charge on any atom is 0.0638 e. The summed E-state index contributed by atoms with van der Waals surface area (Å²) < 4.78 is 0. The lowest BCUT2D eigenvalue weighted by molar-refractivity contribution is 0.199. The zero-order valence-corrected chi connectivity index (χ0v) is 9.37. The predicted octanol–water partition coefficient (Wildman–Crippen LogP) is 1.32. The lowest BCUT2D eigenvalue weighted by atomic mass is 10.1. The quantitative estimate of drug-likeness (QED) is 0.680. The van der Waals surface area contributed by atoms with Crippen molar-refractivity contribution in [2.24, 2.45) is 0 Å². The van der Waals surface area contributed by atoms with Crippen molar-refractivity contribution in [3.05, 3.63) is 0 Å². The van der Waals surface area contributed by atoms with Gasteiger partial charge < -0.3 is 4.90 Å². The van der Waals surface area contributed by atoms with E-state index >= 15 is 0 Å². The van der Waals surface area contributed by atoms with Crippen molar-refractivity contribution in [1.82, 2.24) is 9.80 Å². The Morgan fingerprint density at radius 3 is 2.71 bits per heavy atom. The SMILES string of the molecule is CCC(CC#N)N1CCCN(C)CC1. The molecule has 1 heterocycles. The van der Waals surface area contributed by atoms with Gasteiger partial charge in [0.1, 0.15) is 0 Å². The summed E-state index contributed by atoms with van der Waals surface area (Å²) in [5.41, 5.74) is 0. The molecule has 0 aliphatic carbocycles. The fourth-order valence-electron chi connectivity index (χ4n) is 2.07. The highest BCUT2D eigenvalue weighted by molar-refractivity contribution is 4.83. The Morgan fingerprint density at radius 1 is 1.29 bits per heavy atom. The molecule has 1 rings (SSSR count). The molecule has 0 aromatic heterocycles. The second kappa shape index (κ2) is 6.00. The van der Waals surface area contributed by atoms with E-state index in [4.69, 9.17) is 5.26 Å². The van der Waals surface area contributed by atoms with Crippen molar-refractivity contribution in [2.45, 2.75) is 32.2 Å². The van der Waals surface area contributed by atoms with Crippen molar-refractivity contribution < 1.29 is 0 Å². The molecular weight excluding hydrogens is 174 g/mol. The van der Waals surface area contributed by atoms with Crippen LogP contribution in [0.4, 0.5) is 0 Å². The topological polar surface area (TPSA) is 30.3 Å². The molecule has 0 aromatic carbocycles. The van der Waals surface area contributed by atoms with E-state index in [1.807, 2.05) is 0 Å². The Kier molecular flexibility index (Phi) is 4.92. The average molecular weight is 195 g/mol. The van der Waals surface area contributed by atoms with E-state index in [0.717, 1.165) is 26.1 Å². The van der Waals surface area contributed by atoms with Gasteiger partial charge in [0.25, 0.3) is 0 Å². The molecule has 1 atom stereocenters. The minimum absolute atomic E-state index is 0.478. The third-order valence-corrected chi connectivity index (χ3v) is 3.07. The van der Waals surface area contributed by atoms with E-state index in [0.29, 0.717) is 12.5 Å². The van der Waals surface area contributed by atoms with Gasteiger partial charge in [0, 0.05) is 19.1 Å². The van der Waals surface area contributed by atoms with Gasteiger partial charge in [-0.05, 0) is 33.0 Å². The van der Waals surface area contributed by atoms with Gasteiger partial charge in [-0.1, -0.05) is 6.92 Å². The van der Waals surface area contributed by atoms with Gasteiger partial charge in [0.05, 0.1) is 12.5 Å². The Balaban J connectivity index is 2.45. The maximum atomic E-state index is 8.73. The normalized spacial score (nSPS) is 22.6. The van der Waals surface area contributed by atoms with Crippen LogP contribution in [0.25, 0.3) is 0 Å². The zero-order valence-electron chi connectivity index (χ0n) is 9.37. The second-order valence-corrected chi connectivity index (χ2v) is 4.12. The van der Waals surface area contributed by atoms with Gasteiger partial charge in [-0.25, -0.2) is 0 Å². The van der Waals surface area contributed by atoms with Crippen molar-refractivity contribution in [2.75, 3.05) is 33.2 Å². The molecule has 3 nitrogen and oxygen atoms in total. The summed E-state index contributed by atoms with van der Waals surface area (Å²) in [4.78, 5) is 4.85. The molecule has 1 unspecified atom stereocenters. The maximum absolute atomic E-state index is 8.73. The summed E-state index contributed by atoms with van der Waals surface area (Å²) in [6.45, 7) is 6.79. The van der Waals surface area contributed by atoms with E-state index in [-0.39, 0.29) is 0 Å². The molecule has 3 heteroatoms. The van der Waals surface area contributed by atoms with Crippen LogP contribution in [0.2, 0.25) is 0 Å². The largest absolute Gasteiger partial charge is 0.305 e. The molecule has 0 bridgehead atoms. The lowest BCUT2D eigenvalue weighted by Gasteiger charge is -2.27. The Bertz CT molecular complexity index is 197. The first-order valence-electron chi connectivity index (χ1n) is 5.57. The number of likely N-dealkylation sites (N-methyl/N-ethyl adjacent to an activating group) is 1. The minimum Gasteiger partial charge on any atom is -0.305 e. The van der Waals surface area contributed by atoms with Gasteiger partial charge in [0.2, 0.25) is 0 Å².